The molecule has 3 rings (SSSR count). The Labute approximate surface area is 105 Å². The Morgan fingerprint density at radius 2 is 2.11 bits per heavy atom. The van der Waals surface area contributed by atoms with E-state index in [1.165, 1.54) is 0 Å². The summed E-state index contributed by atoms with van der Waals surface area (Å²) in [5.74, 6) is 0. The second kappa shape index (κ2) is 4.27. The van der Waals surface area contributed by atoms with Crippen molar-refractivity contribution in [2.45, 2.75) is 6.04 Å². The van der Waals surface area contributed by atoms with Gasteiger partial charge in [0.2, 0.25) is 0 Å². The van der Waals surface area contributed by atoms with Crippen molar-refractivity contribution in [1.29, 1.82) is 0 Å². The zero-order valence-corrected chi connectivity index (χ0v) is 10.4. The van der Waals surface area contributed by atoms with Gasteiger partial charge in [-0.2, -0.15) is 10.2 Å². The molecule has 0 aliphatic carbocycles. The molecule has 0 aliphatic rings. The van der Waals surface area contributed by atoms with E-state index in [4.69, 9.17) is 0 Å². The van der Waals surface area contributed by atoms with Crippen LogP contribution < -0.4 is 5.32 Å². The van der Waals surface area contributed by atoms with Crippen LogP contribution in [-0.2, 0) is 7.05 Å². The van der Waals surface area contributed by atoms with Gasteiger partial charge in [0, 0.05) is 30.6 Å². The van der Waals surface area contributed by atoms with Crippen LogP contribution in [0.25, 0.3) is 5.52 Å². The highest BCUT2D eigenvalue weighted by atomic mass is 15.2. The molecule has 1 unspecified atom stereocenters. The zero-order chi connectivity index (χ0) is 12.5. The van der Waals surface area contributed by atoms with E-state index in [0.717, 1.165) is 16.6 Å². The Morgan fingerprint density at radius 1 is 1.22 bits per heavy atom. The van der Waals surface area contributed by atoms with Crippen molar-refractivity contribution in [3.63, 3.8) is 0 Å². The molecule has 0 aromatic carbocycles. The van der Waals surface area contributed by atoms with Gasteiger partial charge in [-0.05, 0) is 19.2 Å². The molecule has 0 aliphatic heterocycles. The normalized spacial score (nSPS) is 13.0. The maximum atomic E-state index is 4.37. The van der Waals surface area contributed by atoms with Crippen molar-refractivity contribution in [3.05, 3.63) is 54.1 Å². The van der Waals surface area contributed by atoms with Crippen LogP contribution in [-0.4, -0.2) is 26.4 Å². The summed E-state index contributed by atoms with van der Waals surface area (Å²) in [4.78, 5) is 0. The minimum absolute atomic E-state index is 0.110. The lowest BCUT2D eigenvalue weighted by Crippen LogP contribution is -2.16. The minimum atomic E-state index is 0.110. The molecular weight excluding hydrogens is 226 g/mol. The second-order valence-electron chi connectivity index (χ2n) is 4.30. The lowest BCUT2D eigenvalue weighted by molar-refractivity contribution is 0.694. The summed E-state index contributed by atoms with van der Waals surface area (Å²) < 4.78 is 3.70. The Hall–Kier alpha value is -2.14. The van der Waals surface area contributed by atoms with Crippen LogP contribution in [0.4, 0.5) is 0 Å². The first-order valence-corrected chi connectivity index (χ1v) is 5.87. The van der Waals surface area contributed by atoms with E-state index < -0.39 is 0 Å². The van der Waals surface area contributed by atoms with Gasteiger partial charge >= 0.3 is 0 Å². The molecule has 3 aromatic heterocycles. The molecule has 0 saturated carbocycles. The van der Waals surface area contributed by atoms with Crippen LogP contribution in [0, 0.1) is 0 Å². The van der Waals surface area contributed by atoms with Crippen LogP contribution >= 0.6 is 0 Å². The molecule has 0 saturated heterocycles. The van der Waals surface area contributed by atoms with Crippen LogP contribution in [0.15, 0.2) is 43.0 Å². The number of nitrogens with one attached hydrogen (secondary N) is 1. The fourth-order valence-electron chi connectivity index (χ4n) is 2.27. The lowest BCUT2D eigenvalue weighted by Gasteiger charge is -2.13. The summed E-state index contributed by atoms with van der Waals surface area (Å²) in [7, 11) is 3.87. The molecule has 18 heavy (non-hydrogen) atoms. The molecule has 92 valence electrons. The minimum Gasteiger partial charge on any atom is -0.309 e. The van der Waals surface area contributed by atoms with Gasteiger partial charge in [0.25, 0.3) is 0 Å². The summed E-state index contributed by atoms with van der Waals surface area (Å²) in [5.41, 5.74) is 3.41. The van der Waals surface area contributed by atoms with E-state index in [0.29, 0.717) is 0 Å². The van der Waals surface area contributed by atoms with Crippen molar-refractivity contribution in [3.8, 4) is 0 Å². The molecule has 0 spiro atoms. The maximum Gasteiger partial charge on any atom is 0.0712 e. The average Bonchev–Trinajstić information content (AvgIpc) is 2.98. The quantitative estimate of drug-likeness (QED) is 0.753. The van der Waals surface area contributed by atoms with E-state index >= 15 is 0 Å². The van der Waals surface area contributed by atoms with Crippen molar-refractivity contribution in [2.75, 3.05) is 7.05 Å². The number of fused-ring (bicyclic) bond motifs is 1. The topological polar surface area (TPSA) is 47.2 Å². The van der Waals surface area contributed by atoms with Crippen LogP contribution in [0.1, 0.15) is 17.2 Å². The first-order valence-electron chi connectivity index (χ1n) is 5.87. The maximum absolute atomic E-state index is 4.37. The molecular formula is C13H15N5. The predicted molar refractivity (Wildman–Crippen MR) is 69.3 cm³/mol. The van der Waals surface area contributed by atoms with Gasteiger partial charge < -0.3 is 5.32 Å². The Kier molecular flexibility index (Phi) is 2.60. The highest BCUT2D eigenvalue weighted by Gasteiger charge is 2.17. The van der Waals surface area contributed by atoms with E-state index in [1.54, 1.807) is 0 Å². The van der Waals surface area contributed by atoms with Crippen LogP contribution in [0.2, 0.25) is 0 Å². The standard InChI is InChI=1S/C13H15N5/c1-14-13(10-7-15-17(2)9-10)11-8-16-18-6-4-3-5-12(11)18/h3-9,13-14H,1-2H3. The molecule has 5 heteroatoms. The number of rotatable bonds is 3. The number of aryl methyl sites for hydroxylation is 1. The van der Waals surface area contributed by atoms with Gasteiger partial charge in [-0.1, -0.05) is 6.07 Å². The largest absolute Gasteiger partial charge is 0.309 e. The first-order chi connectivity index (χ1) is 8.79. The van der Waals surface area contributed by atoms with E-state index in [2.05, 4.69) is 21.6 Å². The molecule has 1 N–H and O–H groups in total. The van der Waals surface area contributed by atoms with E-state index in [-0.39, 0.29) is 6.04 Å². The molecule has 5 nitrogen and oxygen atoms in total. The van der Waals surface area contributed by atoms with Gasteiger partial charge in [0.15, 0.2) is 0 Å². The lowest BCUT2D eigenvalue weighted by atomic mass is 10.0. The van der Waals surface area contributed by atoms with Crippen molar-refractivity contribution < 1.29 is 0 Å². The third-order valence-corrected chi connectivity index (χ3v) is 3.11. The second-order valence-corrected chi connectivity index (χ2v) is 4.30. The van der Waals surface area contributed by atoms with Gasteiger partial charge in [-0.15, -0.1) is 0 Å². The third-order valence-electron chi connectivity index (χ3n) is 3.11. The Morgan fingerprint density at radius 3 is 2.83 bits per heavy atom. The number of pyridine rings is 1. The molecule has 3 aromatic rings. The average molecular weight is 241 g/mol. The van der Waals surface area contributed by atoms with Crippen molar-refractivity contribution in [2.24, 2.45) is 7.05 Å². The third kappa shape index (κ3) is 1.69. The fourth-order valence-corrected chi connectivity index (χ4v) is 2.27. The van der Waals surface area contributed by atoms with Crippen molar-refractivity contribution >= 4 is 5.52 Å². The summed E-state index contributed by atoms with van der Waals surface area (Å²) >= 11 is 0. The molecule has 0 fully saturated rings. The molecule has 0 radical (unpaired) electrons. The highest BCUT2D eigenvalue weighted by Crippen LogP contribution is 2.24. The summed E-state index contributed by atoms with van der Waals surface area (Å²) in [6, 6.07) is 6.18. The molecule has 1 atom stereocenters. The number of hydrogen-bond acceptors (Lipinski definition) is 3. The van der Waals surface area contributed by atoms with Crippen LogP contribution in [0.5, 0.6) is 0 Å². The summed E-state index contributed by atoms with van der Waals surface area (Å²) in [6.45, 7) is 0. The smallest absolute Gasteiger partial charge is 0.0712 e. The van der Waals surface area contributed by atoms with Crippen LogP contribution in [0.3, 0.4) is 0 Å². The highest BCUT2D eigenvalue weighted by molar-refractivity contribution is 5.56. The first kappa shape index (κ1) is 11.0. The SMILES string of the molecule is CNC(c1cnn(C)c1)c1cnn2ccccc12. The number of aromatic nitrogens is 4. The van der Waals surface area contributed by atoms with Crippen molar-refractivity contribution in [1.82, 2.24) is 24.7 Å². The van der Waals surface area contributed by atoms with Gasteiger partial charge in [-0.3, -0.25) is 4.68 Å². The van der Waals surface area contributed by atoms with Gasteiger partial charge in [0.1, 0.15) is 0 Å². The number of nitrogens with zero attached hydrogens (tertiary/aromatic N) is 4. The van der Waals surface area contributed by atoms with Gasteiger partial charge in [0.05, 0.1) is 24.0 Å². The number of hydrogen-bond donors (Lipinski definition) is 1. The Balaban J connectivity index is 2.11. The van der Waals surface area contributed by atoms with E-state index in [1.807, 2.05) is 60.2 Å². The predicted octanol–water partition coefficient (Wildman–Crippen LogP) is 1.38. The summed E-state index contributed by atoms with van der Waals surface area (Å²) in [5, 5.41) is 11.9. The molecule has 0 amide bonds. The van der Waals surface area contributed by atoms with E-state index in [9.17, 15) is 0 Å². The Bertz CT molecular complexity index is 667. The monoisotopic (exact) mass is 241 g/mol. The molecule has 0 bridgehead atoms. The fraction of sp³-hybridized carbons (Fsp3) is 0.231. The van der Waals surface area contributed by atoms with Gasteiger partial charge in [-0.25, -0.2) is 4.52 Å². The summed E-state index contributed by atoms with van der Waals surface area (Å²) in [6.07, 6.45) is 7.76. The zero-order valence-electron chi connectivity index (χ0n) is 10.4. The molecule has 3 heterocycles.